The maximum Gasteiger partial charge on any atom is 0.252 e. The fraction of sp³-hybridized carbons (Fsp3) is 0.579. The Morgan fingerprint density at radius 3 is 2.68 bits per heavy atom. The molecule has 0 saturated carbocycles. The predicted molar refractivity (Wildman–Crippen MR) is 95.1 cm³/mol. The normalized spacial score (nSPS) is 26.4. The van der Waals surface area contributed by atoms with Gasteiger partial charge in [-0.25, -0.2) is 0 Å². The SMILES string of the molecule is NC[C@H]1CC[C@@H](C(=O)N2CCCCC2CNC(=O)c2ccccc2)O1. The Morgan fingerprint density at radius 2 is 1.96 bits per heavy atom. The van der Waals surface area contributed by atoms with E-state index in [1.54, 1.807) is 12.1 Å². The smallest absolute Gasteiger partial charge is 0.252 e. The largest absolute Gasteiger partial charge is 0.364 e. The summed E-state index contributed by atoms with van der Waals surface area (Å²) in [5.74, 6) is -0.0477. The molecule has 0 radical (unpaired) electrons. The van der Waals surface area contributed by atoms with Crippen LogP contribution in [0.15, 0.2) is 30.3 Å². The van der Waals surface area contributed by atoms with Crippen molar-refractivity contribution in [2.75, 3.05) is 19.6 Å². The molecule has 0 spiro atoms. The van der Waals surface area contributed by atoms with E-state index >= 15 is 0 Å². The van der Waals surface area contributed by atoms with Gasteiger partial charge in [0.1, 0.15) is 6.10 Å². The van der Waals surface area contributed by atoms with E-state index in [0.717, 1.165) is 38.6 Å². The van der Waals surface area contributed by atoms with Crippen LogP contribution in [0.1, 0.15) is 42.5 Å². The second-order valence-electron chi connectivity index (χ2n) is 6.82. The van der Waals surface area contributed by atoms with Crippen LogP contribution in [0.25, 0.3) is 0 Å². The molecule has 25 heavy (non-hydrogen) atoms. The van der Waals surface area contributed by atoms with Crippen molar-refractivity contribution in [1.82, 2.24) is 10.2 Å². The first-order chi connectivity index (χ1) is 12.2. The molecule has 2 heterocycles. The van der Waals surface area contributed by atoms with Gasteiger partial charge in [-0.2, -0.15) is 0 Å². The quantitative estimate of drug-likeness (QED) is 0.842. The minimum absolute atomic E-state index is 0.00465. The number of nitrogens with two attached hydrogens (primary N) is 1. The molecular weight excluding hydrogens is 318 g/mol. The van der Waals surface area contributed by atoms with Gasteiger partial charge < -0.3 is 20.7 Å². The number of rotatable bonds is 5. The van der Waals surface area contributed by atoms with Gasteiger partial charge in [-0.05, 0) is 44.2 Å². The summed E-state index contributed by atoms with van der Waals surface area (Å²) in [6.07, 6.45) is 4.19. The summed E-state index contributed by atoms with van der Waals surface area (Å²) in [7, 11) is 0. The molecule has 0 aliphatic carbocycles. The molecule has 2 aliphatic heterocycles. The number of carbonyl (C=O) groups excluding carboxylic acids is 2. The zero-order valence-electron chi connectivity index (χ0n) is 14.5. The Morgan fingerprint density at radius 1 is 1.16 bits per heavy atom. The molecule has 1 aromatic carbocycles. The molecule has 2 amide bonds. The summed E-state index contributed by atoms with van der Waals surface area (Å²) < 4.78 is 5.77. The molecule has 1 aromatic rings. The molecule has 1 unspecified atom stereocenters. The van der Waals surface area contributed by atoms with Gasteiger partial charge in [0.2, 0.25) is 0 Å². The van der Waals surface area contributed by atoms with E-state index in [2.05, 4.69) is 5.32 Å². The highest BCUT2D eigenvalue weighted by Gasteiger charge is 2.36. The van der Waals surface area contributed by atoms with Crippen molar-refractivity contribution < 1.29 is 14.3 Å². The first kappa shape index (κ1) is 17.9. The summed E-state index contributed by atoms with van der Waals surface area (Å²) in [5, 5.41) is 2.97. The van der Waals surface area contributed by atoms with E-state index in [-0.39, 0.29) is 30.1 Å². The fourth-order valence-electron chi connectivity index (χ4n) is 3.65. The molecule has 3 rings (SSSR count). The van der Waals surface area contributed by atoms with Crippen molar-refractivity contribution in [3.63, 3.8) is 0 Å². The standard InChI is InChI=1S/C19H27N3O3/c20-12-16-9-10-17(25-16)19(24)22-11-5-4-8-15(22)13-21-18(23)14-6-2-1-3-7-14/h1-3,6-7,15-17H,4-5,8-13,20H2,(H,21,23)/t15?,16-,17+/m1/s1. The van der Waals surface area contributed by atoms with Crippen molar-refractivity contribution in [3.8, 4) is 0 Å². The number of likely N-dealkylation sites (tertiary alicyclic amines) is 1. The van der Waals surface area contributed by atoms with Crippen molar-refractivity contribution >= 4 is 11.8 Å². The third kappa shape index (κ3) is 4.38. The van der Waals surface area contributed by atoms with Crippen molar-refractivity contribution in [2.45, 2.75) is 50.4 Å². The van der Waals surface area contributed by atoms with Crippen LogP contribution < -0.4 is 11.1 Å². The highest BCUT2D eigenvalue weighted by Crippen LogP contribution is 2.24. The lowest BCUT2D eigenvalue weighted by Gasteiger charge is -2.37. The monoisotopic (exact) mass is 345 g/mol. The topological polar surface area (TPSA) is 84.7 Å². The van der Waals surface area contributed by atoms with Crippen LogP contribution in [0.5, 0.6) is 0 Å². The van der Waals surface area contributed by atoms with Gasteiger partial charge in [0.25, 0.3) is 11.8 Å². The molecule has 2 fully saturated rings. The molecule has 2 aliphatic rings. The van der Waals surface area contributed by atoms with Crippen molar-refractivity contribution in [3.05, 3.63) is 35.9 Å². The number of nitrogens with one attached hydrogen (secondary N) is 1. The molecule has 0 aromatic heterocycles. The lowest BCUT2D eigenvalue weighted by atomic mass is 10.0. The lowest BCUT2D eigenvalue weighted by molar-refractivity contribution is -0.146. The number of hydrogen-bond acceptors (Lipinski definition) is 4. The van der Waals surface area contributed by atoms with Gasteiger partial charge in [0.05, 0.1) is 6.10 Å². The predicted octanol–water partition coefficient (Wildman–Crippen LogP) is 1.30. The lowest BCUT2D eigenvalue weighted by Crippen LogP contribution is -2.52. The zero-order chi connectivity index (χ0) is 17.6. The van der Waals surface area contributed by atoms with Gasteiger partial charge in [-0.3, -0.25) is 9.59 Å². The molecule has 6 heteroatoms. The number of carbonyl (C=O) groups is 2. The molecule has 3 N–H and O–H groups in total. The molecule has 6 nitrogen and oxygen atoms in total. The Hall–Kier alpha value is -1.92. The van der Waals surface area contributed by atoms with Crippen LogP contribution in [0.3, 0.4) is 0 Å². The molecule has 3 atom stereocenters. The van der Waals surface area contributed by atoms with Gasteiger partial charge in [-0.15, -0.1) is 0 Å². The molecule has 136 valence electrons. The Labute approximate surface area is 148 Å². The highest BCUT2D eigenvalue weighted by molar-refractivity contribution is 5.94. The summed E-state index contributed by atoms with van der Waals surface area (Å²) >= 11 is 0. The number of benzene rings is 1. The Kier molecular flexibility index (Phi) is 6.04. The zero-order valence-corrected chi connectivity index (χ0v) is 14.5. The maximum atomic E-state index is 12.8. The minimum Gasteiger partial charge on any atom is -0.364 e. The van der Waals surface area contributed by atoms with E-state index in [4.69, 9.17) is 10.5 Å². The second kappa shape index (κ2) is 8.45. The highest BCUT2D eigenvalue weighted by atomic mass is 16.5. The van der Waals surface area contributed by atoms with Crippen LogP contribution in [0.2, 0.25) is 0 Å². The van der Waals surface area contributed by atoms with Gasteiger partial charge in [0.15, 0.2) is 0 Å². The third-order valence-corrected chi connectivity index (χ3v) is 5.09. The Balaban J connectivity index is 1.57. The molecule has 2 saturated heterocycles. The van der Waals surface area contributed by atoms with Crippen molar-refractivity contribution in [2.24, 2.45) is 5.73 Å². The summed E-state index contributed by atoms with van der Waals surface area (Å²) in [4.78, 5) is 27.0. The summed E-state index contributed by atoms with van der Waals surface area (Å²) in [6, 6.07) is 9.19. The van der Waals surface area contributed by atoms with Crippen LogP contribution in [-0.2, 0) is 9.53 Å². The fourth-order valence-corrected chi connectivity index (χ4v) is 3.65. The third-order valence-electron chi connectivity index (χ3n) is 5.09. The van der Waals surface area contributed by atoms with Gasteiger partial charge in [-0.1, -0.05) is 18.2 Å². The summed E-state index contributed by atoms with van der Waals surface area (Å²) in [6.45, 7) is 1.67. The van der Waals surface area contributed by atoms with Crippen molar-refractivity contribution in [1.29, 1.82) is 0 Å². The van der Waals surface area contributed by atoms with E-state index in [1.807, 2.05) is 23.1 Å². The van der Waals surface area contributed by atoms with Crippen LogP contribution in [0, 0.1) is 0 Å². The number of piperidine rings is 1. The number of ether oxygens (including phenoxy) is 1. The number of nitrogens with zero attached hydrogens (tertiary/aromatic N) is 1. The van der Waals surface area contributed by atoms with Crippen LogP contribution in [0.4, 0.5) is 0 Å². The molecular formula is C19H27N3O3. The van der Waals surface area contributed by atoms with Gasteiger partial charge >= 0.3 is 0 Å². The average Bonchev–Trinajstić information content (AvgIpc) is 3.16. The van der Waals surface area contributed by atoms with Crippen LogP contribution >= 0.6 is 0 Å². The minimum atomic E-state index is -0.376. The second-order valence-corrected chi connectivity index (χ2v) is 6.82. The van der Waals surface area contributed by atoms with E-state index in [9.17, 15) is 9.59 Å². The Bertz CT molecular complexity index is 593. The average molecular weight is 345 g/mol. The first-order valence-corrected chi connectivity index (χ1v) is 9.18. The maximum absolute atomic E-state index is 12.8. The first-order valence-electron chi connectivity index (χ1n) is 9.18. The van der Waals surface area contributed by atoms with Crippen LogP contribution in [-0.4, -0.2) is 54.6 Å². The molecule has 0 bridgehead atoms. The van der Waals surface area contributed by atoms with E-state index in [1.165, 1.54) is 0 Å². The van der Waals surface area contributed by atoms with E-state index in [0.29, 0.717) is 18.7 Å². The number of hydrogen-bond donors (Lipinski definition) is 2. The summed E-state index contributed by atoms with van der Waals surface area (Å²) in [5.41, 5.74) is 6.28. The number of amides is 2. The van der Waals surface area contributed by atoms with E-state index < -0.39 is 0 Å². The van der Waals surface area contributed by atoms with Gasteiger partial charge in [0, 0.05) is 31.2 Å².